The second-order valence-corrected chi connectivity index (χ2v) is 4.77. The van der Waals surface area contributed by atoms with Crippen LogP contribution in [-0.2, 0) is 38.7 Å². The van der Waals surface area contributed by atoms with E-state index in [2.05, 4.69) is 13.2 Å². The molecule has 0 amide bonds. The molecule has 0 aliphatic rings. The number of esters is 2. The lowest BCUT2D eigenvalue weighted by molar-refractivity contribution is -0.138. The van der Waals surface area contributed by atoms with E-state index in [0.29, 0.717) is 13.7 Å². The van der Waals surface area contributed by atoms with Gasteiger partial charge in [-0.1, -0.05) is 13.2 Å². The van der Waals surface area contributed by atoms with Crippen molar-refractivity contribution in [2.45, 2.75) is 19.6 Å². The zero-order valence-corrected chi connectivity index (χ0v) is 14.0. The maximum absolute atomic E-state index is 12.4. The van der Waals surface area contributed by atoms with E-state index in [4.69, 9.17) is 14.6 Å². The Hall–Kier alpha value is -3.21. The quantitative estimate of drug-likeness (QED) is 0.356. The summed E-state index contributed by atoms with van der Waals surface area (Å²) in [6.45, 7) is 4.35. The van der Waals surface area contributed by atoms with E-state index < -0.39 is 35.6 Å². The standard InChI is InChI=1S/C15H19N3O8/c1-3-11(20)25-9-6-17-13(22)16(5-8-19)14(23)18(15(17)24)7-10-26-12(21)4-2/h3-4,19H,1-2,5-10H2. The zero-order valence-electron chi connectivity index (χ0n) is 14.0. The molecule has 0 atom stereocenters. The van der Waals surface area contributed by atoms with Crippen molar-refractivity contribution in [3.05, 3.63) is 56.8 Å². The van der Waals surface area contributed by atoms with Gasteiger partial charge in [-0.05, 0) is 0 Å². The summed E-state index contributed by atoms with van der Waals surface area (Å²) in [7, 11) is 0. The number of carbonyl (C=O) groups is 2. The second-order valence-electron chi connectivity index (χ2n) is 4.77. The summed E-state index contributed by atoms with van der Waals surface area (Å²) in [5, 5.41) is 9.03. The Kier molecular flexibility index (Phi) is 7.96. The molecule has 1 N–H and O–H groups in total. The molecule has 0 saturated heterocycles. The van der Waals surface area contributed by atoms with Crippen LogP contribution >= 0.6 is 0 Å². The summed E-state index contributed by atoms with van der Waals surface area (Å²) >= 11 is 0. The van der Waals surface area contributed by atoms with Crippen LogP contribution in [0.4, 0.5) is 0 Å². The Balaban J connectivity index is 3.20. The highest BCUT2D eigenvalue weighted by Crippen LogP contribution is 1.85. The molecular formula is C15H19N3O8. The van der Waals surface area contributed by atoms with Gasteiger partial charge in [0.05, 0.1) is 26.2 Å². The number of hydrogen-bond donors (Lipinski definition) is 1. The van der Waals surface area contributed by atoms with Crippen molar-refractivity contribution in [2.75, 3.05) is 19.8 Å². The van der Waals surface area contributed by atoms with E-state index in [-0.39, 0.29) is 32.8 Å². The third kappa shape index (κ3) is 5.14. The van der Waals surface area contributed by atoms with Crippen molar-refractivity contribution in [3.63, 3.8) is 0 Å². The van der Waals surface area contributed by atoms with Crippen molar-refractivity contribution < 1.29 is 24.2 Å². The molecule has 26 heavy (non-hydrogen) atoms. The minimum absolute atomic E-state index is 0.303. The molecule has 11 nitrogen and oxygen atoms in total. The number of aliphatic hydroxyl groups is 1. The first kappa shape index (κ1) is 20.8. The molecule has 0 radical (unpaired) electrons. The molecule has 0 fully saturated rings. The van der Waals surface area contributed by atoms with Gasteiger partial charge < -0.3 is 14.6 Å². The van der Waals surface area contributed by atoms with Gasteiger partial charge in [-0.15, -0.1) is 0 Å². The first-order valence-corrected chi connectivity index (χ1v) is 7.51. The monoisotopic (exact) mass is 369 g/mol. The van der Waals surface area contributed by atoms with E-state index in [1.165, 1.54) is 0 Å². The van der Waals surface area contributed by atoms with Crippen LogP contribution < -0.4 is 17.1 Å². The highest BCUT2D eigenvalue weighted by atomic mass is 16.5. The smallest absolute Gasteiger partial charge is 0.336 e. The first-order chi connectivity index (χ1) is 12.4. The summed E-state index contributed by atoms with van der Waals surface area (Å²) in [6, 6.07) is 0. The number of aliphatic hydroxyl groups excluding tert-OH is 1. The zero-order chi connectivity index (χ0) is 19.7. The molecule has 0 bridgehead atoms. The van der Waals surface area contributed by atoms with Gasteiger partial charge in [-0.2, -0.15) is 0 Å². The second kappa shape index (κ2) is 9.93. The summed E-state index contributed by atoms with van der Waals surface area (Å²) in [6.07, 6.45) is 1.84. The number of carbonyl (C=O) groups excluding carboxylic acids is 2. The Morgan fingerprint density at radius 1 is 0.808 bits per heavy atom. The molecule has 0 aromatic carbocycles. The SMILES string of the molecule is C=CC(=O)OCCn1c(=O)n(CCO)c(=O)n(CCOC(=O)C=C)c1=O. The van der Waals surface area contributed by atoms with Gasteiger partial charge >= 0.3 is 29.0 Å². The molecule has 1 aromatic heterocycles. The molecular weight excluding hydrogens is 350 g/mol. The maximum atomic E-state index is 12.4. The van der Waals surface area contributed by atoms with E-state index in [1.807, 2.05) is 0 Å². The average Bonchev–Trinajstić information content (AvgIpc) is 2.63. The fourth-order valence-electron chi connectivity index (χ4n) is 1.95. The number of aromatic nitrogens is 3. The van der Waals surface area contributed by atoms with Gasteiger partial charge in [0.25, 0.3) is 0 Å². The minimum atomic E-state index is -0.960. The van der Waals surface area contributed by atoms with Crippen molar-refractivity contribution in [1.82, 2.24) is 13.7 Å². The Bertz CT molecular complexity index is 797. The first-order valence-electron chi connectivity index (χ1n) is 7.51. The number of nitrogens with zero attached hydrogens (tertiary/aromatic N) is 3. The largest absolute Gasteiger partial charge is 0.461 e. The van der Waals surface area contributed by atoms with Crippen molar-refractivity contribution in [3.8, 4) is 0 Å². The third-order valence-corrected chi connectivity index (χ3v) is 3.16. The highest BCUT2D eigenvalue weighted by molar-refractivity contribution is 5.81. The van der Waals surface area contributed by atoms with Crippen molar-refractivity contribution in [2.24, 2.45) is 0 Å². The van der Waals surface area contributed by atoms with Crippen LogP contribution in [0, 0.1) is 0 Å². The van der Waals surface area contributed by atoms with Crippen LogP contribution in [0.25, 0.3) is 0 Å². The van der Waals surface area contributed by atoms with E-state index >= 15 is 0 Å². The van der Waals surface area contributed by atoms with Crippen LogP contribution in [-0.4, -0.2) is 50.6 Å². The van der Waals surface area contributed by atoms with Crippen LogP contribution in [0.3, 0.4) is 0 Å². The summed E-state index contributed by atoms with van der Waals surface area (Å²) in [5.41, 5.74) is -2.87. The lowest BCUT2D eigenvalue weighted by Gasteiger charge is -2.13. The summed E-state index contributed by atoms with van der Waals surface area (Å²) in [5.74, 6) is -1.48. The number of hydrogen-bond acceptors (Lipinski definition) is 8. The molecule has 142 valence electrons. The summed E-state index contributed by atoms with van der Waals surface area (Å²) in [4.78, 5) is 59.0. The van der Waals surface area contributed by atoms with Gasteiger partial charge in [0.2, 0.25) is 0 Å². The van der Waals surface area contributed by atoms with Crippen LogP contribution in [0.2, 0.25) is 0 Å². The van der Waals surface area contributed by atoms with Crippen LogP contribution in [0.1, 0.15) is 0 Å². The Morgan fingerprint density at radius 3 is 1.46 bits per heavy atom. The molecule has 0 spiro atoms. The van der Waals surface area contributed by atoms with E-state index in [9.17, 15) is 24.0 Å². The maximum Gasteiger partial charge on any atom is 0.336 e. The molecule has 1 aromatic rings. The Morgan fingerprint density at radius 2 is 1.15 bits per heavy atom. The molecule has 0 unspecified atom stereocenters. The average molecular weight is 369 g/mol. The molecule has 1 heterocycles. The normalized spacial score (nSPS) is 10.2. The predicted molar refractivity (Wildman–Crippen MR) is 88.6 cm³/mol. The van der Waals surface area contributed by atoms with Gasteiger partial charge in [0, 0.05) is 12.2 Å². The topological polar surface area (TPSA) is 139 Å². The van der Waals surface area contributed by atoms with E-state index in [0.717, 1.165) is 12.2 Å². The van der Waals surface area contributed by atoms with Gasteiger partial charge in [0.15, 0.2) is 0 Å². The van der Waals surface area contributed by atoms with Crippen LogP contribution in [0.5, 0.6) is 0 Å². The van der Waals surface area contributed by atoms with Crippen molar-refractivity contribution in [1.29, 1.82) is 0 Å². The van der Waals surface area contributed by atoms with E-state index in [1.54, 1.807) is 0 Å². The van der Waals surface area contributed by atoms with Gasteiger partial charge in [-0.25, -0.2) is 37.7 Å². The molecule has 0 aliphatic heterocycles. The summed E-state index contributed by atoms with van der Waals surface area (Å²) < 4.78 is 11.5. The molecule has 0 aliphatic carbocycles. The molecule has 11 heteroatoms. The predicted octanol–water partition coefficient (Wildman–Crippen LogP) is -2.38. The number of rotatable bonds is 10. The minimum Gasteiger partial charge on any atom is -0.461 e. The van der Waals surface area contributed by atoms with Crippen LogP contribution in [0.15, 0.2) is 39.7 Å². The lowest BCUT2D eigenvalue weighted by Crippen LogP contribution is -2.55. The number of ether oxygens (including phenoxy) is 2. The van der Waals surface area contributed by atoms with Gasteiger partial charge in [-0.3, -0.25) is 0 Å². The molecule has 0 saturated carbocycles. The fourth-order valence-corrected chi connectivity index (χ4v) is 1.95. The lowest BCUT2D eigenvalue weighted by atomic mass is 10.5. The van der Waals surface area contributed by atoms with Gasteiger partial charge in [0.1, 0.15) is 13.2 Å². The van der Waals surface area contributed by atoms with Crippen molar-refractivity contribution >= 4 is 11.9 Å². The highest BCUT2D eigenvalue weighted by Gasteiger charge is 2.15. The molecule has 1 rings (SSSR count). The third-order valence-electron chi connectivity index (χ3n) is 3.16. The Labute approximate surface area is 147 Å². The fraction of sp³-hybridized carbons (Fsp3) is 0.400.